The van der Waals surface area contributed by atoms with Crippen LogP contribution in [0.25, 0.3) is 0 Å². The Kier molecular flexibility index (Phi) is 3.35. The van der Waals surface area contributed by atoms with E-state index in [-0.39, 0.29) is 5.82 Å². The largest absolute Gasteiger partial charge is 0.486 e. The summed E-state index contributed by atoms with van der Waals surface area (Å²) in [6.45, 7) is 1.40. The fourth-order valence-electron chi connectivity index (χ4n) is 2.21. The summed E-state index contributed by atoms with van der Waals surface area (Å²) in [7, 11) is 1.70. The van der Waals surface area contributed by atoms with Crippen molar-refractivity contribution in [2.24, 2.45) is 7.05 Å². The molecule has 0 radical (unpaired) electrons. The highest BCUT2D eigenvalue weighted by molar-refractivity contribution is 5.54. The number of anilines is 1. The van der Waals surface area contributed by atoms with Gasteiger partial charge in [-0.2, -0.15) is 0 Å². The van der Waals surface area contributed by atoms with Gasteiger partial charge in [-0.3, -0.25) is 4.57 Å². The molecule has 0 fully saturated rings. The van der Waals surface area contributed by atoms with Gasteiger partial charge in [0, 0.05) is 19.2 Å². The minimum absolute atomic E-state index is 0.195. The van der Waals surface area contributed by atoms with Crippen LogP contribution in [0.2, 0.25) is 0 Å². The summed E-state index contributed by atoms with van der Waals surface area (Å²) in [5.41, 5.74) is 0.877. The van der Waals surface area contributed by atoms with E-state index in [0.717, 1.165) is 5.56 Å². The molecule has 0 spiro atoms. The summed E-state index contributed by atoms with van der Waals surface area (Å²) in [5.74, 6) is 1.54. The molecule has 0 unspecified atom stereocenters. The van der Waals surface area contributed by atoms with Crippen LogP contribution in [0.15, 0.2) is 24.5 Å². The minimum atomic E-state index is -0.512. The number of ether oxygens (including phenoxy) is 2. The topological polar surface area (TPSA) is 91.5 Å². The number of nitrogens with one attached hydrogen (secondary N) is 1. The number of aromatic nitrogens is 2. The van der Waals surface area contributed by atoms with Crippen molar-refractivity contribution in [2.75, 3.05) is 18.5 Å². The fourth-order valence-corrected chi connectivity index (χ4v) is 2.21. The Morgan fingerprint density at radius 1 is 1.43 bits per heavy atom. The van der Waals surface area contributed by atoms with Gasteiger partial charge in [-0.25, -0.2) is 0 Å². The number of rotatable bonds is 4. The van der Waals surface area contributed by atoms with Crippen LogP contribution in [0.1, 0.15) is 5.56 Å². The smallest absolute Gasteiger partial charge is 0.406 e. The van der Waals surface area contributed by atoms with Gasteiger partial charge in [0.25, 0.3) is 0 Å². The Morgan fingerprint density at radius 2 is 2.24 bits per heavy atom. The standard InChI is InChI=1S/C13H14N4O4/c1-16-8-15-13(17(18)19)12(16)14-7-9-3-2-4-10-11(9)21-6-5-20-10/h2-4,8,14H,5-7H2,1H3. The molecule has 3 rings (SSSR count). The van der Waals surface area contributed by atoms with Crippen molar-refractivity contribution in [1.29, 1.82) is 0 Å². The molecule has 2 aromatic rings. The van der Waals surface area contributed by atoms with Crippen molar-refractivity contribution in [3.8, 4) is 11.5 Å². The number of hydrogen-bond donors (Lipinski definition) is 1. The van der Waals surface area contributed by atoms with E-state index < -0.39 is 4.92 Å². The summed E-state index contributed by atoms with van der Waals surface area (Å²) in [5, 5.41) is 14.0. The van der Waals surface area contributed by atoms with E-state index in [1.807, 2.05) is 18.2 Å². The second-order valence-corrected chi connectivity index (χ2v) is 4.58. The SMILES string of the molecule is Cn1cnc([N+](=O)[O-])c1NCc1cccc2c1OCCO2. The molecule has 0 atom stereocenters. The van der Waals surface area contributed by atoms with Crippen molar-refractivity contribution in [2.45, 2.75) is 6.54 Å². The van der Waals surface area contributed by atoms with Crippen LogP contribution in [0.5, 0.6) is 11.5 Å². The first kappa shape index (κ1) is 13.2. The maximum atomic E-state index is 10.9. The van der Waals surface area contributed by atoms with Crippen molar-refractivity contribution >= 4 is 11.6 Å². The molecule has 21 heavy (non-hydrogen) atoms. The molecule has 1 N–H and O–H groups in total. The van der Waals surface area contributed by atoms with Crippen molar-refractivity contribution in [3.63, 3.8) is 0 Å². The Hall–Kier alpha value is -2.77. The molecule has 2 heterocycles. The summed E-state index contributed by atoms with van der Waals surface area (Å²) < 4.78 is 12.7. The Bertz CT molecular complexity index is 683. The Labute approximate surface area is 120 Å². The van der Waals surface area contributed by atoms with Gasteiger partial charge in [0.15, 0.2) is 11.5 Å². The van der Waals surface area contributed by atoms with Crippen LogP contribution in [-0.2, 0) is 13.6 Å². The lowest BCUT2D eigenvalue weighted by atomic mass is 10.1. The van der Waals surface area contributed by atoms with Crippen LogP contribution in [0, 0.1) is 10.1 Å². The molecule has 0 saturated heterocycles. The van der Waals surface area contributed by atoms with Gasteiger partial charge in [0.2, 0.25) is 12.1 Å². The van der Waals surface area contributed by atoms with Crippen molar-refractivity contribution in [3.05, 3.63) is 40.2 Å². The zero-order chi connectivity index (χ0) is 14.8. The lowest BCUT2D eigenvalue weighted by Crippen LogP contribution is -2.17. The number of aryl methyl sites for hydroxylation is 1. The lowest BCUT2D eigenvalue weighted by molar-refractivity contribution is -0.388. The van der Waals surface area contributed by atoms with Gasteiger partial charge in [-0.1, -0.05) is 12.1 Å². The third kappa shape index (κ3) is 2.47. The second-order valence-electron chi connectivity index (χ2n) is 4.58. The fraction of sp³-hybridized carbons (Fsp3) is 0.308. The average molecular weight is 290 g/mol. The average Bonchev–Trinajstić information content (AvgIpc) is 2.86. The number of nitrogens with zero attached hydrogens (tertiary/aromatic N) is 3. The van der Waals surface area contributed by atoms with E-state index in [0.29, 0.717) is 37.1 Å². The van der Waals surface area contributed by atoms with E-state index in [1.54, 1.807) is 11.6 Å². The minimum Gasteiger partial charge on any atom is -0.486 e. The highest BCUT2D eigenvalue weighted by Gasteiger charge is 2.21. The Balaban J connectivity index is 1.83. The summed E-state index contributed by atoms with van der Waals surface area (Å²) in [6, 6.07) is 5.59. The summed E-state index contributed by atoms with van der Waals surface area (Å²) >= 11 is 0. The number of fused-ring (bicyclic) bond motifs is 1. The number of hydrogen-bond acceptors (Lipinski definition) is 6. The van der Waals surface area contributed by atoms with E-state index in [2.05, 4.69) is 10.3 Å². The lowest BCUT2D eigenvalue weighted by Gasteiger charge is -2.21. The van der Waals surface area contributed by atoms with Crippen LogP contribution in [0.4, 0.5) is 11.6 Å². The molecule has 8 heteroatoms. The summed E-state index contributed by atoms with van der Waals surface area (Å²) in [4.78, 5) is 14.2. The van der Waals surface area contributed by atoms with Gasteiger partial charge in [0.1, 0.15) is 13.2 Å². The van der Waals surface area contributed by atoms with Crippen molar-refractivity contribution in [1.82, 2.24) is 9.55 Å². The first-order valence-electron chi connectivity index (χ1n) is 6.44. The van der Waals surface area contributed by atoms with Crippen LogP contribution >= 0.6 is 0 Å². The normalized spacial score (nSPS) is 13.0. The molecule has 110 valence electrons. The van der Waals surface area contributed by atoms with Gasteiger partial charge in [-0.15, -0.1) is 0 Å². The van der Waals surface area contributed by atoms with Crippen LogP contribution in [0.3, 0.4) is 0 Å². The predicted molar refractivity (Wildman–Crippen MR) is 74.6 cm³/mol. The number of para-hydroxylation sites is 1. The van der Waals surface area contributed by atoms with Crippen LogP contribution < -0.4 is 14.8 Å². The van der Waals surface area contributed by atoms with Gasteiger partial charge >= 0.3 is 5.82 Å². The molecular formula is C13H14N4O4. The quantitative estimate of drug-likeness (QED) is 0.681. The molecule has 0 saturated carbocycles. The van der Waals surface area contributed by atoms with E-state index in [9.17, 15) is 10.1 Å². The number of nitro groups is 1. The zero-order valence-corrected chi connectivity index (χ0v) is 11.4. The Morgan fingerprint density at radius 3 is 3.05 bits per heavy atom. The maximum Gasteiger partial charge on any atom is 0.406 e. The molecule has 1 aliphatic heterocycles. The molecule has 8 nitrogen and oxygen atoms in total. The number of benzene rings is 1. The molecule has 0 bridgehead atoms. The predicted octanol–water partition coefficient (Wildman–Crippen LogP) is 1.71. The highest BCUT2D eigenvalue weighted by Crippen LogP contribution is 2.34. The third-order valence-corrected chi connectivity index (χ3v) is 3.18. The molecule has 1 aromatic carbocycles. The van der Waals surface area contributed by atoms with Crippen molar-refractivity contribution < 1.29 is 14.4 Å². The highest BCUT2D eigenvalue weighted by atomic mass is 16.6. The molecule has 1 aliphatic rings. The molecule has 0 aliphatic carbocycles. The summed E-state index contributed by atoms with van der Waals surface area (Å²) in [6.07, 6.45) is 1.40. The first-order chi connectivity index (χ1) is 10.2. The van der Waals surface area contributed by atoms with E-state index >= 15 is 0 Å². The van der Waals surface area contributed by atoms with E-state index in [4.69, 9.17) is 9.47 Å². The second kappa shape index (κ2) is 5.31. The van der Waals surface area contributed by atoms with Gasteiger partial charge in [0.05, 0.1) is 0 Å². The van der Waals surface area contributed by atoms with Gasteiger partial charge < -0.3 is 24.9 Å². The molecule has 0 amide bonds. The van der Waals surface area contributed by atoms with Crippen LogP contribution in [-0.4, -0.2) is 27.7 Å². The molecular weight excluding hydrogens is 276 g/mol. The monoisotopic (exact) mass is 290 g/mol. The zero-order valence-electron chi connectivity index (χ0n) is 11.4. The maximum absolute atomic E-state index is 10.9. The third-order valence-electron chi connectivity index (χ3n) is 3.18. The molecule has 1 aromatic heterocycles. The van der Waals surface area contributed by atoms with E-state index in [1.165, 1.54) is 6.33 Å². The number of imidazole rings is 1. The first-order valence-corrected chi connectivity index (χ1v) is 6.44. The van der Waals surface area contributed by atoms with Gasteiger partial charge in [-0.05, 0) is 16.0 Å².